The molecule has 0 bridgehead atoms. The zero-order valence-corrected chi connectivity index (χ0v) is 16.4. The zero-order valence-electron chi connectivity index (χ0n) is 14.0. The number of benzene rings is 1. The minimum absolute atomic E-state index is 0.0389. The molecule has 2 aromatic rings. The fourth-order valence-electron chi connectivity index (χ4n) is 2.11. The lowest BCUT2D eigenvalue weighted by atomic mass is 10.1. The molecule has 1 aromatic heterocycles. The number of imide groups is 1. The van der Waals surface area contributed by atoms with Gasteiger partial charge in [0.25, 0.3) is 0 Å². The monoisotopic (exact) mass is 425 g/mol. The van der Waals surface area contributed by atoms with E-state index in [0.29, 0.717) is 6.54 Å². The van der Waals surface area contributed by atoms with Crippen molar-refractivity contribution in [3.63, 3.8) is 0 Å². The Morgan fingerprint density at radius 2 is 2.12 bits per heavy atom. The van der Waals surface area contributed by atoms with Crippen molar-refractivity contribution in [2.75, 3.05) is 13.7 Å². The molecule has 1 atom stereocenters. The van der Waals surface area contributed by atoms with E-state index in [2.05, 4.69) is 31.9 Å². The van der Waals surface area contributed by atoms with Crippen molar-refractivity contribution in [2.24, 2.45) is 0 Å². The van der Waals surface area contributed by atoms with Crippen LogP contribution < -0.4 is 20.7 Å². The van der Waals surface area contributed by atoms with E-state index in [-0.39, 0.29) is 18.5 Å². The van der Waals surface area contributed by atoms with Gasteiger partial charge in [0.15, 0.2) is 0 Å². The van der Waals surface area contributed by atoms with Crippen LogP contribution in [0, 0.1) is 0 Å². The predicted molar refractivity (Wildman–Crippen MR) is 102 cm³/mol. The quantitative estimate of drug-likeness (QED) is 0.636. The highest BCUT2D eigenvalue weighted by molar-refractivity contribution is 9.10. The lowest BCUT2D eigenvalue weighted by Gasteiger charge is -2.15. The molecule has 3 N–H and O–H groups in total. The predicted octanol–water partition coefficient (Wildman–Crippen LogP) is 3.20. The van der Waals surface area contributed by atoms with Crippen LogP contribution in [-0.2, 0) is 11.3 Å². The summed E-state index contributed by atoms with van der Waals surface area (Å²) in [5.74, 6) is 0.360. The molecule has 0 radical (unpaired) electrons. The van der Waals surface area contributed by atoms with Gasteiger partial charge in [0.1, 0.15) is 5.75 Å². The lowest BCUT2D eigenvalue weighted by molar-refractivity contribution is -0.119. The first-order valence-electron chi connectivity index (χ1n) is 7.66. The largest absolute Gasteiger partial charge is 0.496 e. The molecule has 1 unspecified atom stereocenters. The van der Waals surface area contributed by atoms with E-state index in [1.54, 1.807) is 18.4 Å². The molecule has 6 nitrogen and oxygen atoms in total. The molecule has 1 aromatic carbocycles. The third kappa shape index (κ3) is 6.15. The summed E-state index contributed by atoms with van der Waals surface area (Å²) < 4.78 is 6.04. The van der Waals surface area contributed by atoms with Crippen LogP contribution in [0.2, 0.25) is 0 Å². The number of carbonyl (C=O) groups excluding carboxylic acids is 2. The Morgan fingerprint density at radius 1 is 1.32 bits per heavy atom. The molecular formula is C17H20BrN3O3S. The molecule has 0 aliphatic carbocycles. The van der Waals surface area contributed by atoms with Crippen molar-refractivity contribution in [3.8, 4) is 5.75 Å². The van der Waals surface area contributed by atoms with E-state index in [0.717, 1.165) is 20.7 Å². The van der Waals surface area contributed by atoms with Gasteiger partial charge in [-0.3, -0.25) is 10.1 Å². The van der Waals surface area contributed by atoms with Crippen LogP contribution >= 0.6 is 27.3 Å². The Labute approximate surface area is 159 Å². The number of thiophene rings is 1. The third-order valence-electron chi connectivity index (χ3n) is 3.50. The maximum atomic E-state index is 11.9. The van der Waals surface area contributed by atoms with Gasteiger partial charge in [0, 0.05) is 10.9 Å². The van der Waals surface area contributed by atoms with Crippen molar-refractivity contribution in [1.29, 1.82) is 0 Å². The first-order valence-corrected chi connectivity index (χ1v) is 9.33. The Hall–Kier alpha value is -1.90. The number of methoxy groups -OCH3 is 1. The number of hydrogen-bond donors (Lipinski definition) is 3. The number of ether oxygens (including phenoxy) is 1. The Morgan fingerprint density at radius 3 is 2.76 bits per heavy atom. The average molecular weight is 426 g/mol. The molecule has 0 spiro atoms. The molecule has 0 saturated heterocycles. The lowest BCUT2D eigenvalue weighted by Crippen LogP contribution is -2.43. The van der Waals surface area contributed by atoms with Gasteiger partial charge in [-0.05, 0) is 52.0 Å². The number of hydrogen-bond acceptors (Lipinski definition) is 5. The van der Waals surface area contributed by atoms with E-state index in [9.17, 15) is 9.59 Å². The first-order chi connectivity index (χ1) is 12.0. The van der Waals surface area contributed by atoms with Crippen LogP contribution in [0.25, 0.3) is 0 Å². The average Bonchev–Trinajstić information content (AvgIpc) is 3.11. The molecule has 0 saturated carbocycles. The number of carbonyl (C=O) groups is 2. The zero-order chi connectivity index (χ0) is 18.2. The number of rotatable bonds is 7. The summed E-state index contributed by atoms with van der Waals surface area (Å²) in [6.45, 7) is 2.39. The van der Waals surface area contributed by atoms with Crippen molar-refractivity contribution < 1.29 is 14.3 Å². The van der Waals surface area contributed by atoms with Gasteiger partial charge in [0.05, 0.1) is 24.7 Å². The van der Waals surface area contributed by atoms with Crippen LogP contribution in [0.1, 0.15) is 23.4 Å². The summed E-state index contributed by atoms with van der Waals surface area (Å²) in [5, 5.41) is 9.97. The highest BCUT2D eigenvalue weighted by Crippen LogP contribution is 2.27. The van der Waals surface area contributed by atoms with E-state index in [1.165, 1.54) is 0 Å². The summed E-state index contributed by atoms with van der Waals surface area (Å²) in [7, 11) is 1.61. The second-order valence-electron chi connectivity index (χ2n) is 5.31. The minimum Gasteiger partial charge on any atom is -0.496 e. The number of halogens is 1. The van der Waals surface area contributed by atoms with Crippen LogP contribution in [0.5, 0.6) is 5.75 Å². The van der Waals surface area contributed by atoms with Gasteiger partial charge in [-0.1, -0.05) is 12.1 Å². The molecule has 0 aliphatic heterocycles. The van der Waals surface area contributed by atoms with Gasteiger partial charge in [-0.25, -0.2) is 4.79 Å². The van der Waals surface area contributed by atoms with Crippen molar-refractivity contribution in [1.82, 2.24) is 16.0 Å². The number of urea groups is 1. The highest BCUT2D eigenvalue weighted by Gasteiger charge is 2.12. The molecule has 8 heteroatoms. The maximum Gasteiger partial charge on any atom is 0.321 e. The molecule has 134 valence electrons. The van der Waals surface area contributed by atoms with Crippen molar-refractivity contribution in [2.45, 2.75) is 19.5 Å². The normalized spacial score (nSPS) is 11.6. The van der Waals surface area contributed by atoms with Gasteiger partial charge in [-0.2, -0.15) is 0 Å². The Bertz CT molecular complexity index is 722. The summed E-state index contributed by atoms with van der Waals surface area (Å²) in [4.78, 5) is 24.6. The first kappa shape index (κ1) is 19.4. The van der Waals surface area contributed by atoms with Crippen LogP contribution in [0.3, 0.4) is 0 Å². The molecule has 0 aliphatic rings. The molecule has 1 heterocycles. The fraction of sp³-hybridized carbons (Fsp3) is 0.294. The SMILES string of the molecule is COc1ccc(C(C)NCC(=O)NC(=O)NCc2cccs2)cc1Br. The summed E-state index contributed by atoms with van der Waals surface area (Å²) in [6.07, 6.45) is 0. The van der Waals surface area contributed by atoms with E-state index < -0.39 is 6.03 Å². The molecular weight excluding hydrogens is 406 g/mol. The van der Waals surface area contributed by atoms with Crippen LogP contribution in [0.4, 0.5) is 4.79 Å². The minimum atomic E-state index is -0.500. The summed E-state index contributed by atoms with van der Waals surface area (Å²) >= 11 is 4.98. The van der Waals surface area contributed by atoms with Gasteiger partial charge in [0.2, 0.25) is 5.91 Å². The van der Waals surface area contributed by atoms with Gasteiger partial charge in [-0.15, -0.1) is 11.3 Å². The Kier molecular flexibility index (Phi) is 7.42. The Balaban J connectivity index is 1.75. The highest BCUT2D eigenvalue weighted by atomic mass is 79.9. The summed E-state index contributed by atoms with van der Waals surface area (Å²) in [6, 6.07) is 8.99. The fourth-order valence-corrected chi connectivity index (χ4v) is 3.31. The van der Waals surface area contributed by atoms with E-state index in [4.69, 9.17) is 4.74 Å². The van der Waals surface area contributed by atoms with Crippen molar-refractivity contribution in [3.05, 3.63) is 50.6 Å². The standard InChI is InChI=1S/C17H20BrN3O3S/c1-11(12-5-6-15(24-2)14(18)8-12)19-10-16(22)21-17(23)20-9-13-4-3-7-25-13/h3-8,11,19H,9-10H2,1-2H3,(H2,20,21,22,23). The second-order valence-corrected chi connectivity index (χ2v) is 7.19. The maximum absolute atomic E-state index is 11.9. The van der Waals surface area contributed by atoms with Gasteiger partial charge >= 0.3 is 6.03 Å². The van der Waals surface area contributed by atoms with Crippen molar-refractivity contribution >= 4 is 39.2 Å². The molecule has 0 fully saturated rings. The molecule has 25 heavy (non-hydrogen) atoms. The number of amides is 3. The molecule has 3 amide bonds. The van der Waals surface area contributed by atoms with Crippen LogP contribution in [-0.4, -0.2) is 25.6 Å². The van der Waals surface area contributed by atoms with E-state index >= 15 is 0 Å². The molecule has 2 rings (SSSR count). The third-order valence-corrected chi connectivity index (χ3v) is 5.00. The van der Waals surface area contributed by atoms with Crippen LogP contribution in [0.15, 0.2) is 40.2 Å². The summed E-state index contributed by atoms with van der Waals surface area (Å²) in [5.41, 5.74) is 1.00. The second kappa shape index (κ2) is 9.55. The smallest absolute Gasteiger partial charge is 0.321 e. The van der Waals surface area contributed by atoms with E-state index in [1.807, 2.05) is 42.6 Å². The van der Waals surface area contributed by atoms with Gasteiger partial charge < -0.3 is 15.4 Å². The topological polar surface area (TPSA) is 79.5 Å². The number of nitrogens with one attached hydrogen (secondary N) is 3.